The van der Waals surface area contributed by atoms with Gasteiger partial charge in [-0.15, -0.1) is 0 Å². The van der Waals surface area contributed by atoms with Gasteiger partial charge in [-0.1, -0.05) is 0 Å². The molecule has 0 radical (unpaired) electrons. The first-order chi connectivity index (χ1) is 8.19. The summed E-state index contributed by atoms with van der Waals surface area (Å²) in [6.45, 7) is 4.35. The number of rotatable bonds is 2. The van der Waals surface area contributed by atoms with Crippen LogP contribution in [-0.4, -0.2) is 31.1 Å². The summed E-state index contributed by atoms with van der Waals surface area (Å²) in [6.07, 6.45) is 2.48. The molecular formula is C14H19N3. The van der Waals surface area contributed by atoms with Crippen molar-refractivity contribution in [3.63, 3.8) is 0 Å². The molecule has 1 fully saturated rings. The van der Waals surface area contributed by atoms with Crippen LogP contribution < -0.4 is 5.32 Å². The lowest BCUT2D eigenvalue weighted by atomic mass is 10.0. The van der Waals surface area contributed by atoms with Crippen LogP contribution >= 0.6 is 0 Å². The Balaban J connectivity index is 2.06. The molecule has 1 N–H and O–H groups in total. The fourth-order valence-electron chi connectivity index (χ4n) is 2.40. The van der Waals surface area contributed by atoms with Gasteiger partial charge in [0.2, 0.25) is 0 Å². The Morgan fingerprint density at radius 1 is 1.47 bits per heavy atom. The van der Waals surface area contributed by atoms with Gasteiger partial charge >= 0.3 is 0 Å². The molecular weight excluding hydrogens is 210 g/mol. The van der Waals surface area contributed by atoms with Gasteiger partial charge in [0.1, 0.15) is 0 Å². The van der Waals surface area contributed by atoms with Gasteiger partial charge in [0.25, 0.3) is 0 Å². The van der Waals surface area contributed by atoms with Gasteiger partial charge in [0, 0.05) is 18.3 Å². The fraction of sp³-hybridized carbons (Fsp3) is 0.500. The number of benzene rings is 1. The van der Waals surface area contributed by atoms with Crippen LogP contribution in [0.15, 0.2) is 18.2 Å². The Morgan fingerprint density at radius 2 is 2.29 bits per heavy atom. The molecule has 1 unspecified atom stereocenters. The second-order valence-electron chi connectivity index (χ2n) is 4.89. The third-order valence-corrected chi connectivity index (χ3v) is 3.34. The highest BCUT2D eigenvalue weighted by Gasteiger charge is 2.17. The van der Waals surface area contributed by atoms with E-state index in [1.54, 1.807) is 0 Å². The van der Waals surface area contributed by atoms with Crippen molar-refractivity contribution >= 4 is 5.69 Å². The molecule has 0 amide bonds. The van der Waals surface area contributed by atoms with E-state index in [0.29, 0.717) is 6.04 Å². The number of nitriles is 1. The second kappa shape index (κ2) is 5.20. The zero-order chi connectivity index (χ0) is 12.3. The number of piperidine rings is 1. The summed E-state index contributed by atoms with van der Waals surface area (Å²) in [6, 6.07) is 8.53. The molecule has 0 saturated carbocycles. The van der Waals surface area contributed by atoms with Crippen molar-refractivity contribution in [3.8, 4) is 6.07 Å². The van der Waals surface area contributed by atoms with E-state index in [9.17, 15) is 0 Å². The van der Waals surface area contributed by atoms with E-state index < -0.39 is 0 Å². The number of hydrogen-bond donors (Lipinski definition) is 1. The summed E-state index contributed by atoms with van der Waals surface area (Å²) < 4.78 is 0. The van der Waals surface area contributed by atoms with Crippen molar-refractivity contribution < 1.29 is 0 Å². The SMILES string of the molecule is Cc1cc(C#N)ccc1NC1CCCN(C)C1. The largest absolute Gasteiger partial charge is 0.381 e. The van der Waals surface area contributed by atoms with Crippen molar-refractivity contribution in [3.05, 3.63) is 29.3 Å². The second-order valence-corrected chi connectivity index (χ2v) is 4.89. The first kappa shape index (κ1) is 11.9. The summed E-state index contributed by atoms with van der Waals surface area (Å²) in [5.74, 6) is 0. The zero-order valence-corrected chi connectivity index (χ0v) is 10.5. The van der Waals surface area contributed by atoms with Crippen LogP contribution in [0.4, 0.5) is 5.69 Å². The first-order valence-electron chi connectivity index (χ1n) is 6.15. The first-order valence-corrected chi connectivity index (χ1v) is 6.15. The standard InChI is InChI=1S/C14H19N3/c1-11-8-12(9-15)5-6-14(11)16-13-4-3-7-17(2)10-13/h5-6,8,13,16H,3-4,7,10H2,1-2H3. The zero-order valence-electron chi connectivity index (χ0n) is 10.5. The number of hydrogen-bond acceptors (Lipinski definition) is 3. The molecule has 1 heterocycles. The topological polar surface area (TPSA) is 39.1 Å². The molecule has 0 aromatic heterocycles. The van der Waals surface area contributed by atoms with Crippen molar-refractivity contribution in [2.45, 2.75) is 25.8 Å². The molecule has 0 bridgehead atoms. The normalized spacial score (nSPS) is 20.9. The van der Waals surface area contributed by atoms with E-state index in [-0.39, 0.29) is 0 Å². The molecule has 90 valence electrons. The smallest absolute Gasteiger partial charge is 0.0991 e. The third-order valence-electron chi connectivity index (χ3n) is 3.34. The summed E-state index contributed by atoms with van der Waals surface area (Å²) in [5, 5.41) is 12.4. The minimum Gasteiger partial charge on any atom is -0.381 e. The summed E-state index contributed by atoms with van der Waals surface area (Å²) >= 11 is 0. The minimum absolute atomic E-state index is 0.528. The summed E-state index contributed by atoms with van der Waals surface area (Å²) in [4.78, 5) is 2.36. The summed E-state index contributed by atoms with van der Waals surface area (Å²) in [7, 11) is 2.17. The number of nitrogens with one attached hydrogen (secondary N) is 1. The number of likely N-dealkylation sites (N-methyl/N-ethyl adjacent to an activating group) is 1. The highest BCUT2D eigenvalue weighted by molar-refractivity contribution is 5.54. The van der Waals surface area contributed by atoms with Crippen LogP contribution in [0.25, 0.3) is 0 Å². The van der Waals surface area contributed by atoms with Crippen LogP contribution in [0.1, 0.15) is 24.0 Å². The molecule has 1 saturated heterocycles. The number of anilines is 1. The molecule has 1 aliphatic rings. The van der Waals surface area contributed by atoms with Gasteiger partial charge in [-0.2, -0.15) is 5.26 Å². The number of likely N-dealkylation sites (tertiary alicyclic amines) is 1. The molecule has 0 spiro atoms. The maximum Gasteiger partial charge on any atom is 0.0991 e. The predicted octanol–water partition coefficient (Wildman–Crippen LogP) is 2.37. The lowest BCUT2D eigenvalue weighted by Crippen LogP contribution is -2.39. The van der Waals surface area contributed by atoms with E-state index in [1.165, 1.54) is 19.4 Å². The summed E-state index contributed by atoms with van der Waals surface area (Å²) in [5.41, 5.74) is 3.04. The van der Waals surface area contributed by atoms with Crippen molar-refractivity contribution in [2.24, 2.45) is 0 Å². The fourth-order valence-corrected chi connectivity index (χ4v) is 2.40. The van der Waals surface area contributed by atoms with Crippen LogP contribution in [0.5, 0.6) is 0 Å². The Hall–Kier alpha value is -1.53. The Morgan fingerprint density at radius 3 is 2.94 bits per heavy atom. The maximum absolute atomic E-state index is 8.83. The van der Waals surface area contributed by atoms with Crippen molar-refractivity contribution in [1.82, 2.24) is 4.90 Å². The van der Waals surface area contributed by atoms with Gasteiger partial charge in [0.05, 0.1) is 11.6 Å². The highest BCUT2D eigenvalue weighted by Crippen LogP contribution is 2.20. The molecule has 1 aromatic rings. The van der Waals surface area contributed by atoms with Crippen LogP contribution in [0.2, 0.25) is 0 Å². The number of nitrogens with zero attached hydrogens (tertiary/aromatic N) is 2. The maximum atomic E-state index is 8.83. The van der Waals surface area contributed by atoms with E-state index in [0.717, 1.165) is 23.4 Å². The Kier molecular flexibility index (Phi) is 3.65. The third kappa shape index (κ3) is 2.98. The average Bonchev–Trinajstić information content (AvgIpc) is 2.32. The van der Waals surface area contributed by atoms with E-state index in [1.807, 2.05) is 18.2 Å². The molecule has 17 heavy (non-hydrogen) atoms. The lowest BCUT2D eigenvalue weighted by Gasteiger charge is -2.31. The van der Waals surface area contributed by atoms with Crippen molar-refractivity contribution in [2.75, 3.05) is 25.5 Å². The Labute approximate surface area is 103 Å². The monoisotopic (exact) mass is 229 g/mol. The van der Waals surface area contributed by atoms with Crippen LogP contribution in [0.3, 0.4) is 0 Å². The minimum atomic E-state index is 0.528. The molecule has 0 aliphatic carbocycles. The van der Waals surface area contributed by atoms with Gasteiger partial charge in [0.15, 0.2) is 0 Å². The molecule has 3 nitrogen and oxygen atoms in total. The Bertz CT molecular complexity index is 434. The van der Waals surface area contributed by atoms with Crippen LogP contribution in [0, 0.1) is 18.3 Å². The molecule has 1 atom stereocenters. The van der Waals surface area contributed by atoms with E-state index in [4.69, 9.17) is 5.26 Å². The van der Waals surface area contributed by atoms with Gasteiger partial charge < -0.3 is 10.2 Å². The van der Waals surface area contributed by atoms with Gasteiger partial charge in [-0.3, -0.25) is 0 Å². The quantitative estimate of drug-likeness (QED) is 0.846. The lowest BCUT2D eigenvalue weighted by molar-refractivity contribution is 0.261. The predicted molar refractivity (Wildman–Crippen MR) is 70.0 cm³/mol. The van der Waals surface area contributed by atoms with Gasteiger partial charge in [-0.25, -0.2) is 0 Å². The van der Waals surface area contributed by atoms with E-state index >= 15 is 0 Å². The molecule has 2 rings (SSSR count). The molecule has 1 aliphatic heterocycles. The number of aryl methyl sites for hydroxylation is 1. The molecule has 1 aromatic carbocycles. The van der Waals surface area contributed by atoms with E-state index in [2.05, 4.69) is 30.3 Å². The van der Waals surface area contributed by atoms with Gasteiger partial charge in [-0.05, 0) is 57.1 Å². The van der Waals surface area contributed by atoms with Crippen molar-refractivity contribution in [1.29, 1.82) is 5.26 Å². The highest BCUT2D eigenvalue weighted by atomic mass is 15.1. The molecule has 3 heteroatoms. The average molecular weight is 229 g/mol. The van der Waals surface area contributed by atoms with Crippen LogP contribution in [-0.2, 0) is 0 Å².